The zero-order valence-electron chi connectivity index (χ0n) is 14.3. The van der Waals surface area contributed by atoms with Crippen LogP contribution >= 0.6 is 0 Å². The fourth-order valence-corrected chi connectivity index (χ4v) is 3.06. The van der Waals surface area contributed by atoms with E-state index in [4.69, 9.17) is 14.2 Å². The minimum Gasteiger partial charge on any atom is -0.461 e. The van der Waals surface area contributed by atoms with Crippen molar-refractivity contribution in [2.75, 3.05) is 26.2 Å². The summed E-state index contributed by atoms with van der Waals surface area (Å²) in [6.07, 6.45) is 1.60. The molecule has 0 atom stereocenters. The first kappa shape index (κ1) is 16.5. The third kappa shape index (κ3) is 3.82. The van der Waals surface area contributed by atoms with Gasteiger partial charge in [-0.15, -0.1) is 0 Å². The molecule has 7 nitrogen and oxygen atoms in total. The largest absolute Gasteiger partial charge is 0.461 e. The van der Waals surface area contributed by atoms with Crippen molar-refractivity contribution < 1.29 is 8.94 Å². The van der Waals surface area contributed by atoms with Crippen LogP contribution < -0.4 is 0 Å². The van der Waals surface area contributed by atoms with Crippen LogP contribution in [-0.4, -0.2) is 46.1 Å². The average molecular weight is 349 g/mol. The average Bonchev–Trinajstić information content (AvgIpc) is 3.36. The van der Waals surface area contributed by atoms with E-state index in [1.54, 1.807) is 12.3 Å². The number of furan rings is 1. The van der Waals surface area contributed by atoms with Crippen LogP contribution in [0.5, 0.6) is 0 Å². The first-order valence-electron chi connectivity index (χ1n) is 8.60. The number of aromatic nitrogens is 2. The van der Waals surface area contributed by atoms with Gasteiger partial charge in [-0.2, -0.15) is 10.2 Å². The summed E-state index contributed by atoms with van der Waals surface area (Å²) in [5.74, 6) is 1.72. The van der Waals surface area contributed by atoms with E-state index in [1.807, 2.05) is 30.3 Å². The third-order valence-corrected chi connectivity index (χ3v) is 4.52. The maximum atomic E-state index is 8.87. The predicted molar refractivity (Wildman–Crippen MR) is 93.7 cm³/mol. The summed E-state index contributed by atoms with van der Waals surface area (Å²) in [5.41, 5.74) is 1.93. The van der Waals surface area contributed by atoms with Crippen LogP contribution in [0.15, 0.2) is 51.6 Å². The van der Waals surface area contributed by atoms with Gasteiger partial charge in [-0.25, -0.2) is 0 Å². The molecule has 0 bridgehead atoms. The molecule has 0 N–H and O–H groups in total. The number of hydrogen-bond donors (Lipinski definition) is 0. The van der Waals surface area contributed by atoms with Crippen LogP contribution in [0.4, 0.5) is 0 Å². The molecular weight excluding hydrogens is 330 g/mol. The summed E-state index contributed by atoms with van der Waals surface area (Å²) in [5, 5.41) is 12.8. The quantitative estimate of drug-likeness (QED) is 0.700. The molecule has 0 spiro atoms. The number of benzene rings is 1. The maximum Gasteiger partial charge on any atom is 0.241 e. The highest BCUT2D eigenvalue weighted by Crippen LogP contribution is 2.17. The molecule has 0 amide bonds. The summed E-state index contributed by atoms with van der Waals surface area (Å²) >= 11 is 0. The Labute approximate surface area is 151 Å². The van der Waals surface area contributed by atoms with Gasteiger partial charge in [-0.3, -0.25) is 9.80 Å². The lowest BCUT2D eigenvalue weighted by Crippen LogP contribution is -2.45. The molecule has 2 aromatic heterocycles. The minimum absolute atomic E-state index is 0.490. The summed E-state index contributed by atoms with van der Waals surface area (Å²) < 4.78 is 10.6. The molecule has 132 valence electrons. The Morgan fingerprint density at radius 2 is 1.73 bits per heavy atom. The highest BCUT2D eigenvalue weighted by Gasteiger charge is 2.20. The number of rotatable bonds is 5. The second kappa shape index (κ2) is 7.52. The maximum absolute atomic E-state index is 8.87. The molecule has 1 aliphatic heterocycles. The van der Waals surface area contributed by atoms with E-state index in [9.17, 15) is 0 Å². The molecule has 1 aliphatic rings. The van der Waals surface area contributed by atoms with Gasteiger partial charge in [-0.1, -0.05) is 17.3 Å². The van der Waals surface area contributed by atoms with Crippen LogP contribution in [0.3, 0.4) is 0 Å². The lowest BCUT2D eigenvalue weighted by Gasteiger charge is -2.33. The molecule has 0 unspecified atom stereocenters. The topological polar surface area (TPSA) is 82.3 Å². The van der Waals surface area contributed by atoms with E-state index in [0.29, 0.717) is 29.6 Å². The lowest BCUT2D eigenvalue weighted by atomic mass is 10.1. The van der Waals surface area contributed by atoms with Crippen molar-refractivity contribution in [3.63, 3.8) is 0 Å². The number of nitrogens with zero attached hydrogens (tertiary/aromatic N) is 5. The summed E-state index contributed by atoms with van der Waals surface area (Å²) in [7, 11) is 0. The van der Waals surface area contributed by atoms with Crippen molar-refractivity contribution in [2.24, 2.45) is 0 Å². The van der Waals surface area contributed by atoms with Crippen molar-refractivity contribution in [3.05, 3.63) is 59.7 Å². The standard InChI is InChI=1S/C19H19N5O2/c20-12-15-3-5-16(6-4-15)13-23-7-9-24(10-8-23)14-18-21-19(22-26-18)17-2-1-11-25-17/h1-6,11H,7-10,13-14H2. The van der Waals surface area contributed by atoms with Gasteiger partial charge in [0.2, 0.25) is 11.7 Å². The summed E-state index contributed by atoms with van der Waals surface area (Å²) in [6, 6.07) is 13.6. The number of hydrogen-bond acceptors (Lipinski definition) is 7. The molecule has 7 heteroatoms. The molecule has 0 radical (unpaired) electrons. The van der Waals surface area contributed by atoms with E-state index < -0.39 is 0 Å². The Morgan fingerprint density at radius 3 is 2.38 bits per heavy atom. The van der Waals surface area contributed by atoms with E-state index in [-0.39, 0.29) is 0 Å². The zero-order chi connectivity index (χ0) is 17.8. The van der Waals surface area contributed by atoms with Gasteiger partial charge in [0.1, 0.15) is 0 Å². The first-order valence-corrected chi connectivity index (χ1v) is 8.60. The minimum atomic E-state index is 0.490. The number of piperazine rings is 1. The normalized spacial score (nSPS) is 15.8. The first-order chi connectivity index (χ1) is 12.8. The van der Waals surface area contributed by atoms with Gasteiger partial charge in [0.25, 0.3) is 0 Å². The second-order valence-corrected chi connectivity index (χ2v) is 6.35. The van der Waals surface area contributed by atoms with Crippen molar-refractivity contribution in [2.45, 2.75) is 13.1 Å². The second-order valence-electron chi connectivity index (χ2n) is 6.35. The van der Waals surface area contributed by atoms with E-state index in [0.717, 1.165) is 32.7 Å². The monoisotopic (exact) mass is 349 g/mol. The van der Waals surface area contributed by atoms with Crippen LogP contribution in [0.25, 0.3) is 11.6 Å². The fraction of sp³-hybridized carbons (Fsp3) is 0.316. The van der Waals surface area contributed by atoms with E-state index >= 15 is 0 Å². The molecule has 1 fully saturated rings. The van der Waals surface area contributed by atoms with E-state index in [2.05, 4.69) is 26.0 Å². The smallest absolute Gasteiger partial charge is 0.241 e. The zero-order valence-corrected chi connectivity index (χ0v) is 14.3. The molecule has 0 aliphatic carbocycles. The van der Waals surface area contributed by atoms with Crippen molar-refractivity contribution >= 4 is 0 Å². The van der Waals surface area contributed by atoms with Gasteiger partial charge in [0, 0.05) is 32.7 Å². The molecule has 0 saturated carbocycles. The van der Waals surface area contributed by atoms with Crippen LogP contribution in [0.2, 0.25) is 0 Å². The lowest BCUT2D eigenvalue weighted by molar-refractivity contribution is 0.112. The van der Waals surface area contributed by atoms with Gasteiger partial charge in [0.15, 0.2) is 5.76 Å². The Kier molecular flexibility index (Phi) is 4.78. The van der Waals surface area contributed by atoms with Gasteiger partial charge in [-0.05, 0) is 29.8 Å². The summed E-state index contributed by atoms with van der Waals surface area (Å²) in [6.45, 7) is 5.43. The van der Waals surface area contributed by atoms with Gasteiger partial charge in [0.05, 0.1) is 24.4 Å². The van der Waals surface area contributed by atoms with Crippen molar-refractivity contribution in [3.8, 4) is 17.7 Å². The van der Waals surface area contributed by atoms with Crippen LogP contribution in [0.1, 0.15) is 17.0 Å². The molecule has 1 aromatic carbocycles. The molecule has 4 rings (SSSR count). The predicted octanol–water partition coefficient (Wildman–Crippen LogP) is 2.52. The Balaban J connectivity index is 1.27. The molecule has 26 heavy (non-hydrogen) atoms. The third-order valence-electron chi connectivity index (χ3n) is 4.52. The van der Waals surface area contributed by atoms with Crippen LogP contribution in [-0.2, 0) is 13.1 Å². The van der Waals surface area contributed by atoms with Gasteiger partial charge < -0.3 is 8.94 Å². The van der Waals surface area contributed by atoms with Crippen LogP contribution in [0, 0.1) is 11.3 Å². The molecule has 3 aromatic rings. The van der Waals surface area contributed by atoms with Crippen molar-refractivity contribution in [1.82, 2.24) is 19.9 Å². The van der Waals surface area contributed by atoms with Crippen molar-refractivity contribution in [1.29, 1.82) is 5.26 Å². The Hall–Kier alpha value is -2.95. The Bertz CT molecular complexity index is 872. The molecular formula is C19H19N5O2. The highest BCUT2D eigenvalue weighted by atomic mass is 16.5. The van der Waals surface area contributed by atoms with E-state index in [1.165, 1.54) is 5.56 Å². The molecule has 3 heterocycles. The SMILES string of the molecule is N#Cc1ccc(CN2CCN(Cc3nc(-c4ccco4)no3)CC2)cc1. The molecule has 1 saturated heterocycles. The highest BCUT2D eigenvalue weighted by molar-refractivity contribution is 5.44. The Morgan fingerprint density at radius 1 is 1.00 bits per heavy atom. The van der Waals surface area contributed by atoms with Gasteiger partial charge >= 0.3 is 0 Å². The fourth-order valence-electron chi connectivity index (χ4n) is 3.06. The number of nitriles is 1. The summed E-state index contributed by atoms with van der Waals surface area (Å²) in [4.78, 5) is 9.13.